The molecule has 1 N–H and O–H groups in total. The number of carbonyl (C=O) groups excluding carboxylic acids is 1. The first-order valence-electron chi connectivity index (χ1n) is 4.98. The van der Waals surface area contributed by atoms with Crippen LogP contribution in [-0.2, 0) is 4.79 Å². The molecule has 0 spiro atoms. The lowest BCUT2D eigenvalue weighted by molar-refractivity contribution is -0.117. The van der Waals surface area contributed by atoms with Crippen LogP contribution in [0, 0.1) is 11.3 Å². The van der Waals surface area contributed by atoms with Crippen molar-refractivity contribution in [1.82, 2.24) is 0 Å². The third kappa shape index (κ3) is 5.81. The third-order valence-corrected chi connectivity index (χ3v) is 2.55. The molecule has 1 atom stereocenters. The standard InChI is InChI=1S/C11H22O2/c1-9(13)5-6-10(7-8-12)11(2,3)4/h10,12H,5-8H2,1-4H3. The minimum absolute atomic E-state index is 0.193. The van der Waals surface area contributed by atoms with E-state index in [1.54, 1.807) is 6.92 Å². The van der Waals surface area contributed by atoms with Gasteiger partial charge in [-0.05, 0) is 31.1 Å². The van der Waals surface area contributed by atoms with Crippen molar-refractivity contribution in [3.05, 3.63) is 0 Å². The Bertz CT molecular complexity index is 156. The fourth-order valence-electron chi connectivity index (χ4n) is 1.54. The highest BCUT2D eigenvalue weighted by Gasteiger charge is 2.23. The molecular formula is C11H22O2. The predicted molar refractivity (Wildman–Crippen MR) is 54.6 cm³/mol. The van der Waals surface area contributed by atoms with Gasteiger partial charge in [0.15, 0.2) is 0 Å². The average molecular weight is 186 g/mol. The SMILES string of the molecule is CC(=O)CCC(CCO)C(C)(C)C. The first-order chi connectivity index (χ1) is 5.88. The molecule has 0 amide bonds. The number of hydrogen-bond acceptors (Lipinski definition) is 2. The van der Waals surface area contributed by atoms with Crippen LogP contribution in [0.3, 0.4) is 0 Å². The van der Waals surface area contributed by atoms with Crippen LogP contribution in [-0.4, -0.2) is 17.5 Å². The van der Waals surface area contributed by atoms with E-state index in [0.29, 0.717) is 12.3 Å². The van der Waals surface area contributed by atoms with Crippen LogP contribution in [0.1, 0.15) is 47.0 Å². The molecule has 0 aliphatic heterocycles. The van der Waals surface area contributed by atoms with Gasteiger partial charge in [-0.25, -0.2) is 0 Å². The molecule has 0 rings (SSSR count). The normalized spacial score (nSPS) is 14.2. The van der Waals surface area contributed by atoms with Gasteiger partial charge in [0.05, 0.1) is 0 Å². The highest BCUT2D eigenvalue weighted by molar-refractivity contribution is 5.75. The number of hydrogen-bond donors (Lipinski definition) is 1. The van der Waals surface area contributed by atoms with Crippen LogP contribution < -0.4 is 0 Å². The van der Waals surface area contributed by atoms with Crippen LogP contribution >= 0.6 is 0 Å². The van der Waals surface area contributed by atoms with Crippen LogP contribution in [0.4, 0.5) is 0 Å². The maximum atomic E-state index is 10.8. The zero-order valence-corrected chi connectivity index (χ0v) is 9.26. The molecule has 0 aromatic heterocycles. The average Bonchev–Trinajstić information content (AvgIpc) is 1.95. The van der Waals surface area contributed by atoms with Crippen molar-refractivity contribution >= 4 is 5.78 Å². The zero-order valence-electron chi connectivity index (χ0n) is 9.26. The minimum atomic E-state index is 0.193. The second-order valence-corrected chi connectivity index (χ2v) is 4.82. The summed E-state index contributed by atoms with van der Waals surface area (Å²) >= 11 is 0. The van der Waals surface area contributed by atoms with Gasteiger partial charge in [-0.2, -0.15) is 0 Å². The molecule has 2 nitrogen and oxygen atoms in total. The molecule has 0 aliphatic rings. The fraction of sp³-hybridized carbons (Fsp3) is 0.909. The Morgan fingerprint density at radius 2 is 1.85 bits per heavy atom. The fourth-order valence-corrected chi connectivity index (χ4v) is 1.54. The maximum Gasteiger partial charge on any atom is 0.129 e. The second-order valence-electron chi connectivity index (χ2n) is 4.82. The summed E-state index contributed by atoms with van der Waals surface area (Å²) in [5.74, 6) is 0.689. The Hall–Kier alpha value is -0.370. The molecule has 0 aromatic rings. The van der Waals surface area contributed by atoms with Crippen molar-refractivity contribution in [2.75, 3.05) is 6.61 Å². The van der Waals surface area contributed by atoms with Crippen molar-refractivity contribution in [1.29, 1.82) is 0 Å². The van der Waals surface area contributed by atoms with E-state index in [1.165, 1.54) is 0 Å². The van der Waals surface area contributed by atoms with Crippen LogP contribution in [0.2, 0.25) is 0 Å². The Balaban J connectivity index is 4.02. The molecule has 0 radical (unpaired) electrons. The van der Waals surface area contributed by atoms with E-state index in [-0.39, 0.29) is 17.8 Å². The van der Waals surface area contributed by atoms with Crippen molar-refractivity contribution in [3.8, 4) is 0 Å². The summed E-state index contributed by atoms with van der Waals surface area (Å²) in [6.07, 6.45) is 2.35. The smallest absolute Gasteiger partial charge is 0.129 e. The summed E-state index contributed by atoms with van der Waals surface area (Å²) in [6, 6.07) is 0. The van der Waals surface area contributed by atoms with Gasteiger partial charge in [0.2, 0.25) is 0 Å². The number of carbonyl (C=O) groups is 1. The topological polar surface area (TPSA) is 37.3 Å². The van der Waals surface area contributed by atoms with E-state index in [4.69, 9.17) is 5.11 Å². The maximum absolute atomic E-state index is 10.8. The van der Waals surface area contributed by atoms with Crippen molar-refractivity contribution in [2.45, 2.75) is 47.0 Å². The Morgan fingerprint density at radius 1 is 1.31 bits per heavy atom. The van der Waals surface area contributed by atoms with Crippen molar-refractivity contribution < 1.29 is 9.90 Å². The van der Waals surface area contributed by atoms with E-state index < -0.39 is 0 Å². The molecule has 0 fully saturated rings. The second kappa shape index (κ2) is 5.38. The van der Waals surface area contributed by atoms with Gasteiger partial charge >= 0.3 is 0 Å². The minimum Gasteiger partial charge on any atom is -0.396 e. The van der Waals surface area contributed by atoms with Crippen LogP contribution in [0.25, 0.3) is 0 Å². The van der Waals surface area contributed by atoms with E-state index in [0.717, 1.165) is 12.8 Å². The van der Waals surface area contributed by atoms with Gasteiger partial charge in [0.25, 0.3) is 0 Å². The van der Waals surface area contributed by atoms with E-state index >= 15 is 0 Å². The first-order valence-corrected chi connectivity index (χ1v) is 4.98. The molecular weight excluding hydrogens is 164 g/mol. The number of ketones is 1. The molecule has 2 heteroatoms. The van der Waals surface area contributed by atoms with Crippen molar-refractivity contribution in [3.63, 3.8) is 0 Å². The lowest BCUT2D eigenvalue weighted by Gasteiger charge is -2.30. The Labute approximate surface area is 81.3 Å². The molecule has 0 aromatic carbocycles. The van der Waals surface area contributed by atoms with Gasteiger partial charge in [0.1, 0.15) is 5.78 Å². The van der Waals surface area contributed by atoms with Crippen LogP contribution in [0.15, 0.2) is 0 Å². The van der Waals surface area contributed by atoms with Gasteiger partial charge in [-0.3, -0.25) is 0 Å². The predicted octanol–water partition coefficient (Wildman–Crippen LogP) is 2.40. The zero-order chi connectivity index (χ0) is 10.5. The van der Waals surface area contributed by atoms with Gasteiger partial charge in [-0.1, -0.05) is 20.8 Å². The summed E-state index contributed by atoms with van der Waals surface area (Å²) < 4.78 is 0. The number of rotatable bonds is 5. The molecule has 0 bridgehead atoms. The summed E-state index contributed by atoms with van der Waals surface area (Å²) in [5, 5.41) is 8.88. The summed E-state index contributed by atoms with van der Waals surface area (Å²) in [6.45, 7) is 8.33. The lowest BCUT2D eigenvalue weighted by atomic mass is 9.76. The molecule has 0 aliphatic carbocycles. The quantitative estimate of drug-likeness (QED) is 0.716. The number of aliphatic hydroxyl groups excluding tert-OH is 1. The highest BCUT2D eigenvalue weighted by atomic mass is 16.3. The largest absolute Gasteiger partial charge is 0.396 e. The molecule has 0 saturated carbocycles. The number of aliphatic hydroxyl groups is 1. The molecule has 13 heavy (non-hydrogen) atoms. The van der Waals surface area contributed by atoms with Gasteiger partial charge in [0, 0.05) is 13.0 Å². The van der Waals surface area contributed by atoms with E-state index in [9.17, 15) is 4.79 Å². The molecule has 78 valence electrons. The monoisotopic (exact) mass is 186 g/mol. The summed E-state index contributed by atoms with van der Waals surface area (Å²) in [4.78, 5) is 10.8. The number of Topliss-reactive ketones (excluding diaryl/α,β-unsaturated/α-hetero) is 1. The summed E-state index contributed by atoms with van der Waals surface area (Å²) in [5.41, 5.74) is 0.193. The van der Waals surface area contributed by atoms with Gasteiger partial charge < -0.3 is 9.90 Å². The highest BCUT2D eigenvalue weighted by Crippen LogP contribution is 2.32. The van der Waals surface area contributed by atoms with E-state index in [1.807, 2.05) is 0 Å². The summed E-state index contributed by atoms with van der Waals surface area (Å²) in [7, 11) is 0. The lowest BCUT2D eigenvalue weighted by Crippen LogP contribution is -2.22. The van der Waals surface area contributed by atoms with Gasteiger partial charge in [-0.15, -0.1) is 0 Å². The molecule has 1 unspecified atom stereocenters. The van der Waals surface area contributed by atoms with Crippen molar-refractivity contribution in [2.24, 2.45) is 11.3 Å². The Morgan fingerprint density at radius 3 is 2.15 bits per heavy atom. The first kappa shape index (κ1) is 12.6. The van der Waals surface area contributed by atoms with E-state index in [2.05, 4.69) is 20.8 Å². The third-order valence-electron chi connectivity index (χ3n) is 2.55. The Kier molecular flexibility index (Phi) is 5.23. The van der Waals surface area contributed by atoms with Crippen LogP contribution in [0.5, 0.6) is 0 Å². The molecule has 0 heterocycles. The molecule has 0 saturated heterocycles.